The van der Waals surface area contributed by atoms with Crippen molar-refractivity contribution in [2.75, 3.05) is 19.4 Å². The van der Waals surface area contributed by atoms with Crippen molar-refractivity contribution >= 4 is 28.8 Å². The van der Waals surface area contributed by atoms with Gasteiger partial charge in [0.05, 0.1) is 18.9 Å². The fourth-order valence-electron chi connectivity index (χ4n) is 3.38. The van der Waals surface area contributed by atoms with Crippen molar-refractivity contribution < 1.29 is 13.9 Å². The number of oxazole rings is 1. The Hall–Kier alpha value is -2.47. The average Bonchev–Trinajstić information content (AvgIpc) is 3.32. The van der Waals surface area contributed by atoms with Crippen molar-refractivity contribution in [2.45, 2.75) is 24.1 Å². The van der Waals surface area contributed by atoms with Crippen LogP contribution in [0.2, 0.25) is 0 Å². The molecule has 1 aromatic heterocycles. The molecule has 0 saturated carbocycles. The largest absolute Gasteiger partial charge is 0.497 e. The standard InChI is InChI=1S/C20H20N2O3S/c1-24-15-7-4-6-14(12-15)17-9-5-11-22(17)19(23)13-26-20-21-16-8-2-3-10-18(16)25-20/h2-4,6-8,10,12,17H,5,9,11,13H2,1H3/t17-/m0/s1. The molecule has 0 bridgehead atoms. The van der Waals surface area contributed by atoms with Gasteiger partial charge in [0.15, 0.2) is 5.58 Å². The minimum Gasteiger partial charge on any atom is -0.497 e. The van der Waals surface area contributed by atoms with Gasteiger partial charge in [-0.15, -0.1) is 0 Å². The zero-order chi connectivity index (χ0) is 17.9. The number of aromatic nitrogens is 1. The van der Waals surface area contributed by atoms with Gasteiger partial charge in [0.25, 0.3) is 5.22 Å². The molecule has 1 aliphatic heterocycles. The van der Waals surface area contributed by atoms with Crippen molar-refractivity contribution in [1.82, 2.24) is 9.88 Å². The Morgan fingerprint density at radius 3 is 3.04 bits per heavy atom. The van der Waals surface area contributed by atoms with Crippen LogP contribution in [-0.4, -0.2) is 35.2 Å². The Labute approximate surface area is 156 Å². The van der Waals surface area contributed by atoms with Crippen LogP contribution in [0.25, 0.3) is 11.1 Å². The molecule has 134 valence electrons. The summed E-state index contributed by atoms with van der Waals surface area (Å²) in [4.78, 5) is 19.2. The molecule has 5 nitrogen and oxygen atoms in total. The molecule has 0 radical (unpaired) electrons. The molecule has 0 N–H and O–H groups in total. The molecule has 1 atom stereocenters. The van der Waals surface area contributed by atoms with E-state index in [1.807, 2.05) is 47.4 Å². The van der Waals surface area contributed by atoms with E-state index in [4.69, 9.17) is 9.15 Å². The summed E-state index contributed by atoms with van der Waals surface area (Å²) in [5.74, 6) is 1.26. The minimum absolute atomic E-state index is 0.113. The third-order valence-corrected chi connectivity index (χ3v) is 5.46. The first kappa shape index (κ1) is 17.0. The van der Waals surface area contributed by atoms with E-state index >= 15 is 0 Å². The summed E-state index contributed by atoms with van der Waals surface area (Å²) in [5, 5.41) is 0.539. The summed E-state index contributed by atoms with van der Waals surface area (Å²) in [5.41, 5.74) is 2.69. The Balaban J connectivity index is 1.44. The van der Waals surface area contributed by atoms with Crippen molar-refractivity contribution in [3.63, 3.8) is 0 Å². The molecule has 1 fully saturated rings. The molecule has 2 heterocycles. The van der Waals surface area contributed by atoms with Gasteiger partial charge in [-0.05, 0) is 42.7 Å². The van der Waals surface area contributed by atoms with Crippen LogP contribution in [0.15, 0.2) is 58.2 Å². The van der Waals surface area contributed by atoms with Crippen LogP contribution < -0.4 is 4.74 Å². The zero-order valence-corrected chi connectivity index (χ0v) is 15.4. The molecule has 6 heteroatoms. The lowest BCUT2D eigenvalue weighted by molar-refractivity contribution is -0.129. The van der Waals surface area contributed by atoms with Gasteiger partial charge in [-0.1, -0.05) is 36.0 Å². The van der Waals surface area contributed by atoms with Crippen LogP contribution >= 0.6 is 11.8 Å². The molecule has 26 heavy (non-hydrogen) atoms. The molecule has 1 saturated heterocycles. The number of likely N-dealkylation sites (tertiary alicyclic amines) is 1. The number of ether oxygens (including phenoxy) is 1. The smallest absolute Gasteiger partial charge is 0.257 e. The van der Waals surface area contributed by atoms with Crippen LogP contribution in [0.1, 0.15) is 24.4 Å². The first-order valence-corrected chi connectivity index (χ1v) is 9.65. The normalized spacial score (nSPS) is 17.0. The molecule has 1 aliphatic rings. The molecule has 2 aromatic carbocycles. The van der Waals surface area contributed by atoms with Gasteiger partial charge in [0, 0.05) is 6.54 Å². The van der Waals surface area contributed by atoms with Crippen molar-refractivity contribution in [2.24, 2.45) is 0 Å². The molecule has 0 unspecified atom stereocenters. The number of benzene rings is 2. The van der Waals surface area contributed by atoms with Gasteiger partial charge in [0.1, 0.15) is 11.3 Å². The highest BCUT2D eigenvalue weighted by Gasteiger charge is 2.30. The highest BCUT2D eigenvalue weighted by Crippen LogP contribution is 2.34. The second-order valence-corrected chi connectivity index (χ2v) is 7.18. The molecule has 0 aliphatic carbocycles. The van der Waals surface area contributed by atoms with Crippen LogP contribution in [0, 0.1) is 0 Å². The first-order valence-electron chi connectivity index (χ1n) is 8.66. The molecule has 0 spiro atoms. The second kappa shape index (κ2) is 7.41. The number of thioether (sulfide) groups is 1. The second-order valence-electron chi connectivity index (χ2n) is 6.26. The monoisotopic (exact) mass is 368 g/mol. The van der Waals surface area contributed by atoms with E-state index in [9.17, 15) is 4.79 Å². The maximum Gasteiger partial charge on any atom is 0.257 e. The number of rotatable bonds is 5. The topological polar surface area (TPSA) is 55.6 Å². The number of amides is 1. The number of carbonyl (C=O) groups excluding carboxylic acids is 1. The summed E-state index contributed by atoms with van der Waals surface area (Å²) in [6.45, 7) is 0.787. The van der Waals surface area contributed by atoms with Gasteiger partial charge in [-0.2, -0.15) is 0 Å². The molecule has 1 amide bonds. The third-order valence-electron chi connectivity index (χ3n) is 4.65. The Morgan fingerprint density at radius 2 is 2.19 bits per heavy atom. The van der Waals surface area contributed by atoms with Gasteiger partial charge in [-0.3, -0.25) is 4.79 Å². The molecular weight excluding hydrogens is 348 g/mol. The van der Waals surface area contributed by atoms with Crippen LogP contribution in [0.3, 0.4) is 0 Å². The number of para-hydroxylation sites is 2. The fraction of sp³-hybridized carbons (Fsp3) is 0.300. The van der Waals surface area contributed by atoms with Gasteiger partial charge in [-0.25, -0.2) is 4.98 Å². The van der Waals surface area contributed by atoms with E-state index in [-0.39, 0.29) is 11.9 Å². The van der Waals surface area contributed by atoms with E-state index in [2.05, 4.69) is 11.1 Å². The quantitative estimate of drug-likeness (QED) is 0.629. The van der Waals surface area contributed by atoms with E-state index in [0.717, 1.165) is 41.8 Å². The number of methoxy groups -OCH3 is 1. The number of nitrogens with zero attached hydrogens (tertiary/aromatic N) is 2. The van der Waals surface area contributed by atoms with Crippen LogP contribution in [-0.2, 0) is 4.79 Å². The maximum absolute atomic E-state index is 12.8. The molecule has 3 aromatic rings. The van der Waals surface area contributed by atoms with E-state index < -0.39 is 0 Å². The lowest BCUT2D eigenvalue weighted by atomic mass is 10.0. The van der Waals surface area contributed by atoms with E-state index in [0.29, 0.717) is 11.0 Å². The SMILES string of the molecule is COc1cccc([C@@H]2CCCN2C(=O)CSc2nc3ccccc3o2)c1. The summed E-state index contributed by atoms with van der Waals surface area (Å²) in [6, 6.07) is 15.7. The number of hydrogen-bond donors (Lipinski definition) is 0. The van der Waals surface area contributed by atoms with Crippen LogP contribution in [0.5, 0.6) is 5.75 Å². The number of fused-ring (bicyclic) bond motifs is 1. The number of carbonyl (C=O) groups is 1. The minimum atomic E-state index is 0.113. The highest BCUT2D eigenvalue weighted by atomic mass is 32.2. The Bertz CT molecular complexity index is 891. The third kappa shape index (κ3) is 3.42. The van der Waals surface area contributed by atoms with E-state index in [1.54, 1.807) is 7.11 Å². The molecule has 4 rings (SSSR count). The number of hydrogen-bond acceptors (Lipinski definition) is 5. The highest BCUT2D eigenvalue weighted by molar-refractivity contribution is 7.99. The lowest BCUT2D eigenvalue weighted by Crippen LogP contribution is -2.31. The summed E-state index contributed by atoms with van der Waals surface area (Å²) < 4.78 is 11.0. The predicted octanol–water partition coefficient (Wildman–Crippen LogP) is 4.29. The van der Waals surface area contributed by atoms with Crippen molar-refractivity contribution in [1.29, 1.82) is 0 Å². The fourth-order valence-corrected chi connectivity index (χ4v) is 4.10. The first-order chi connectivity index (χ1) is 12.7. The Morgan fingerprint density at radius 1 is 1.31 bits per heavy atom. The summed E-state index contributed by atoms with van der Waals surface area (Å²) in [6.07, 6.45) is 1.99. The van der Waals surface area contributed by atoms with Crippen molar-refractivity contribution in [3.05, 3.63) is 54.1 Å². The molecular formula is C20H20N2O3S. The summed E-state index contributed by atoms with van der Waals surface area (Å²) in [7, 11) is 1.66. The lowest BCUT2D eigenvalue weighted by Gasteiger charge is -2.25. The summed E-state index contributed by atoms with van der Waals surface area (Å²) >= 11 is 1.35. The van der Waals surface area contributed by atoms with E-state index in [1.165, 1.54) is 11.8 Å². The van der Waals surface area contributed by atoms with Gasteiger partial charge < -0.3 is 14.1 Å². The zero-order valence-electron chi connectivity index (χ0n) is 14.6. The predicted molar refractivity (Wildman–Crippen MR) is 101 cm³/mol. The van der Waals surface area contributed by atoms with Crippen LogP contribution in [0.4, 0.5) is 0 Å². The maximum atomic E-state index is 12.8. The van der Waals surface area contributed by atoms with Crippen molar-refractivity contribution in [3.8, 4) is 5.75 Å². The average molecular weight is 368 g/mol. The Kier molecular flexibility index (Phi) is 4.84. The van der Waals surface area contributed by atoms with Gasteiger partial charge in [0.2, 0.25) is 5.91 Å². The van der Waals surface area contributed by atoms with Gasteiger partial charge >= 0.3 is 0 Å².